The highest BCUT2D eigenvalue weighted by atomic mass is 35.5. The number of ether oxygens (including phenoxy) is 1. The smallest absolute Gasteiger partial charge is 0.387 e. The van der Waals surface area contributed by atoms with E-state index in [1.807, 2.05) is 0 Å². The highest BCUT2D eigenvalue weighted by Crippen LogP contribution is 2.28. The van der Waals surface area contributed by atoms with E-state index in [1.54, 1.807) is 18.2 Å². The van der Waals surface area contributed by atoms with Gasteiger partial charge in [0.2, 0.25) is 0 Å². The van der Waals surface area contributed by atoms with E-state index in [2.05, 4.69) is 20.2 Å². The highest BCUT2D eigenvalue weighted by Gasteiger charge is 2.08. The molecule has 0 aliphatic carbocycles. The van der Waals surface area contributed by atoms with Crippen LogP contribution in [0, 0.1) is 0 Å². The molecule has 1 heterocycles. The van der Waals surface area contributed by atoms with Crippen LogP contribution in [0.3, 0.4) is 0 Å². The number of benzene rings is 1. The van der Waals surface area contributed by atoms with Gasteiger partial charge in [0.1, 0.15) is 10.9 Å². The lowest BCUT2D eigenvalue weighted by molar-refractivity contribution is -0.0499. The Kier molecular flexibility index (Phi) is 5.76. The number of aromatic nitrogens is 1. The van der Waals surface area contributed by atoms with Crippen molar-refractivity contribution >= 4 is 46.8 Å². The van der Waals surface area contributed by atoms with Crippen LogP contribution >= 0.6 is 34.8 Å². The predicted octanol–water partition coefficient (Wildman–Crippen LogP) is 5.09. The topological polar surface area (TPSA) is 46.5 Å². The Morgan fingerprint density at radius 3 is 2.64 bits per heavy atom. The predicted molar refractivity (Wildman–Crippen MR) is 83.6 cm³/mol. The van der Waals surface area contributed by atoms with Gasteiger partial charge in [0.05, 0.1) is 16.3 Å². The first kappa shape index (κ1) is 16.7. The number of nitrogens with zero attached hydrogens (tertiary/aromatic N) is 2. The zero-order valence-corrected chi connectivity index (χ0v) is 13.0. The van der Waals surface area contributed by atoms with Gasteiger partial charge < -0.3 is 4.74 Å². The Balaban J connectivity index is 2.15. The zero-order chi connectivity index (χ0) is 16.1. The van der Waals surface area contributed by atoms with E-state index < -0.39 is 6.61 Å². The van der Waals surface area contributed by atoms with Crippen LogP contribution in [-0.4, -0.2) is 17.8 Å². The summed E-state index contributed by atoms with van der Waals surface area (Å²) in [5.41, 5.74) is 2.90. The number of alkyl halides is 2. The highest BCUT2D eigenvalue weighted by molar-refractivity contribution is 6.42. The Morgan fingerprint density at radius 1 is 1.18 bits per heavy atom. The van der Waals surface area contributed by atoms with E-state index in [0.29, 0.717) is 5.56 Å². The lowest BCUT2D eigenvalue weighted by Crippen LogP contribution is -2.04. The average molecular weight is 367 g/mol. The Morgan fingerprint density at radius 2 is 1.91 bits per heavy atom. The van der Waals surface area contributed by atoms with Crippen LogP contribution in [0.25, 0.3) is 0 Å². The van der Waals surface area contributed by atoms with Crippen molar-refractivity contribution in [1.29, 1.82) is 0 Å². The van der Waals surface area contributed by atoms with Crippen LogP contribution in [0.4, 0.5) is 14.6 Å². The number of para-hydroxylation sites is 1. The van der Waals surface area contributed by atoms with Crippen LogP contribution in [0.2, 0.25) is 15.2 Å². The summed E-state index contributed by atoms with van der Waals surface area (Å²) in [5, 5.41) is 4.34. The molecule has 0 saturated heterocycles. The van der Waals surface area contributed by atoms with Crippen LogP contribution in [0.1, 0.15) is 5.56 Å². The summed E-state index contributed by atoms with van der Waals surface area (Å²) in [7, 11) is 0. The fraction of sp³-hybridized carbons (Fsp3) is 0.0769. The molecule has 0 atom stereocenters. The molecule has 2 aromatic rings. The first-order valence-electron chi connectivity index (χ1n) is 5.82. The first-order chi connectivity index (χ1) is 10.5. The molecule has 2 rings (SSSR count). The summed E-state index contributed by atoms with van der Waals surface area (Å²) in [6.07, 6.45) is 1.29. The van der Waals surface area contributed by atoms with Gasteiger partial charge in [-0.25, -0.2) is 4.98 Å². The molecule has 0 aliphatic heterocycles. The van der Waals surface area contributed by atoms with E-state index in [4.69, 9.17) is 34.8 Å². The maximum Gasteiger partial charge on any atom is 0.387 e. The summed E-state index contributed by atoms with van der Waals surface area (Å²) in [6.45, 7) is -2.92. The molecule has 9 heteroatoms. The van der Waals surface area contributed by atoms with Gasteiger partial charge in [-0.05, 0) is 18.2 Å². The lowest BCUT2D eigenvalue weighted by atomic mass is 10.2. The van der Waals surface area contributed by atoms with Crippen molar-refractivity contribution in [1.82, 2.24) is 4.98 Å². The molecule has 0 unspecified atom stereocenters. The number of anilines is 1. The molecule has 0 saturated carbocycles. The van der Waals surface area contributed by atoms with E-state index >= 15 is 0 Å². The first-order valence-corrected chi connectivity index (χ1v) is 6.95. The molecule has 0 aliphatic rings. The minimum absolute atomic E-state index is 0.00348. The molecule has 1 aromatic heterocycles. The van der Waals surface area contributed by atoms with E-state index in [-0.39, 0.29) is 26.8 Å². The molecule has 0 fully saturated rings. The summed E-state index contributed by atoms with van der Waals surface area (Å²) in [4.78, 5) is 3.90. The number of halogens is 5. The van der Waals surface area contributed by atoms with Gasteiger partial charge in [-0.1, -0.05) is 46.9 Å². The van der Waals surface area contributed by atoms with Crippen molar-refractivity contribution in [2.45, 2.75) is 6.61 Å². The normalized spacial score (nSPS) is 11.2. The van der Waals surface area contributed by atoms with Crippen molar-refractivity contribution in [2.75, 3.05) is 5.43 Å². The molecule has 1 aromatic carbocycles. The summed E-state index contributed by atoms with van der Waals surface area (Å²) in [5.74, 6) is 0.177. The number of pyridine rings is 1. The number of nitrogens with one attached hydrogen (secondary N) is 1. The number of hydrazone groups is 1. The molecule has 4 nitrogen and oxygen atoms in total. The van der Waals surface area contributed by atoms with E-state index in [1.165, 1.54) is 18.3 Å². The van der Waals surface area contributed by atoms with Crippen LogP contribution in [0.5, 0.6) is 5.75 Å². The zero-order valence-electron chi connectivity index (χ0n) is 10.7. The average Bonchev–Trinajstić information content (AvgIpc) is 2.45. The van der Waals surface area contributed by atoms with Crippen molar-refractivity contribution < 1.29 is 13.5 Å². The summed E-state index contributed by atoms with van der Waals surface area (Å²) >= 11 is 17.4. The third-order valence-corrected chi connectivity index (χ3v) is 3.36. The van der Waals surface area contributed by atoms with E-state index in [0.717, 1.165) is 0 Å². The van der Waals surface area contributed by atoms with Gasteiger partial charge in [-0.3, -0.25) is 5.43 Å². The van der Waals surface area contributed by atoms with Crippen LogP contribution in [0.15, 0.2) is 35.4 Å². The van der Waals surface area contributed by atoms with Crippen molar-refractivity contribution in [3.05, 3.63) is 51.1 Å². The Hall–Kier alpha value is -1.63. The quantitative estimate of drug-likeness (QED) is 0.455. The summed E-state index contributed by atoms with van der Waals surface area (Å²) < 4.78 is 28.9. The van der Waals surface area contributed by atoms with Crippen molar-refractivity contribution in [3.8, 4) is 5.75 Å². The molecule has 0 spiro atoms. The molecular weight excluding hydrogens is 359 g/mol. The van der Waals surface area contributed by atoms with Gasteiger partial charge in [0.25, 0.3) is 0 Å². The second kappa shape index (κ2) is 7.58. The van der Waals surface area contributed by atoms with Gasteiger partial charge in [0.15, 0.2) is 5.82 Å². The fourth-order valence-corrected chi connectivity index (χ4v) is 2.02. The maximum absolute atomic E-state index is 12.3. The fourth-order valence-electron chi connectivity index (χ4n) is 1.48. The number of hydrogen-bond donors (Lipinski definition) is 1. The van der Waals surface area contributed by atoms with Crippen molar-refractivity contribution in [3.63, 3.8) is 0 Å². The van der Waals surface area contributed by atoms with Crippen molar-refractivity contribution in [2.24, 2.45) is 5.10 Å². The lowest BCUT2D eigenvalue weighted by Gasteiger charge is -2.07. The summed E-state index contributed by atoms with van der Waals surface area (Å²) in [6, 6.07) is 7.60. The standard InChI is InChI=1S/C13H8Cl3F2N3O/c14-8-5-9(15)12(20-11(8)16)21-19-6-7-3-1-2-4-10(7)22-13(17)18/h1-6,13H,(H,20,21). The van der Waals surface area contributed by atoms with Gasteiger partial charge in [-0.2, -0.15) is 13.9 Å². The van der Waals surface area contributed by atoms with Gasteiger partial charge in [-0.15, -0.1) is 0 Å². The third kappa shape index (κ3) is 4.43. The SMILES string of the molecule is FC(F)Oc1ccccc1C=NNc1nc(Cl)c(Cl)cc1Cl. The maximum atomic E-state index is 12.3. The molecular formula is C13H8Cl3F2N3O. The third-order valence-electron chi connectivity index (χ3n) is 2.40. The Labute approximate surface area is 139 Å². The van der Waals surface area contributed by atoms with E-state index in [9.17, 15) is 8.78 Å². The molecule has 22 heavy (non-hydrogen) atoms. The van der Waals surface area contributed by atoms with Gasteiger partial charge in [0, 0.05) is 5.56 Å². The second-order valence-electron chi connectivity index (χ2n) is 3.88. The number of hydrogen-bond acceptors (Lipinski definition) is 4. The largest absolute Gasteiger partial charge is 0.434 e. The van der Waals surface area contributed by atoms with Crippen LogP contribution in [-0.2, 0) is 0 Å². The minimum atomic E-state index is -2.92. The molecule has 116 valence electrons. The van der Waals surface area contributed by atoms with Gasteiger partial charge >= 0.3 is 6.61 Å². The number of rotatable bonds is 5. The van der Waals surface area contributed by atoms with Crippen LogP contribution < -0.4 is 10.2 Å². The molecule has 1 N–H and O–H groups in total. The Bertz CT molecular complexity index is 698. The molecule has 0 amide bonds. The monoisotopic (exact) mass is 365 g/mol. The molecule has 0 bridgehead atoms. The minimum Gasteiger partial charge on any atom is -0.434 e. The second-order valence-corrected chi connectivity index (χ2v) is 5.05. The molecule has 0 radical (unpaired) electrons.